The Balaban J connectivity index is 1.77. The fraction of sp³-hybridized carbons (Fsp3) is 0.348. The molecule has 0 atom stereocenters. The number of benzene rings is 2. The van der Waals surface area contributed by atoms with E-state index in [0.717, 1.165) is 27.6 Å². The van der Waals surface area contributed by atoms with E-state index < -0.39 is 0 Å². The van der Waals surface area contributed by atoms with Gasteiger partial charge in [0, 0.05) is 17.7 Å². The molecule has 1 heterocycles. The minimum atomic E-state index is 0.236. The lowest BCUT2D eigenvalue weighted by Gasteiger charge is -2.17. The summed E-state index contributed by atoms with van der Waals surface area (Å²) in [4.78, 5) is 1.21. The van der Waals surface area contributed by atoms with Gasteiger partial charge in [0.15, 0.2) is 11.5 Å². The van der Waals surface area contributed by atoms with Crippen LogP contribution in [0.4, 0.5) is 0 Å². The van der Waals surface area contributed by atoms with Gasteiger partial charge in [0.25, 0.3) is 0 Å². The topological polar surface area (TPSA) is 96.5 Å². The Bertz CT molecular complexity index is 1160. The molecule has 3 rings (SSSR count). The molecule has 10 heteroatoms. The Hall–Kier alpha value is -2.82. The summed E-state index contributed by atoms with van der Waals surface area (Å²) in [5, 5.41) is 22.4. The zero-order valence-electron chi connectivity index (χ0n) is 19.5. The van der Waals surface area contributed by atoms with Crippen LogP contribution in [0, 0.1) is 10.8 Å². The molecule has 0 saturated carbocycles. The number of rotatable bonds is 10. The quantitative estimate of drug-likeness (QED) is 0.256. The third-order valence-electron chi connectivity index (χ3n) is 4.87. The van der Waals surface area contributed by atoms with Crippen molar-refractivity contribution in [2.75, 3.05) is 35.4 Å². The number of aromatic nitrogens is 2. The van der Waals surface area contributed by atoms with E-state index >= 15 is 0 Å². The molecule has 2 N–H and O–H groups in total. The van der Waals surface area contributed by atoms with Crippen molar-refractivity contribution < 1.29 is 14.2 Å². The highest BCUT2D eigenvalue weighted by Gasteiger charge is 2.16. The summed E-state index contributed by atoms with van der Waals surface area (Å²) in [6.07, 6.45) is 1.83. The third-order valence-corrected chi connectivity index (χ3v) is 6.70. The first kappa shape index (κ1) is 24.8. The molecule has 0 spiro atoms. The lowest BCUT2D eigenvalue weighted by atomic mass is 10.1. The maximum Gasteiger partial charge on any atom is 0.206 e. The van der Waals surface area contributed by atoms with Gasteiger partial charge in [-0.25, -0.2) is 0 Å². The summed E-state index contributed by atoms with van der Waals surface area (Å²) in [5.41, 5.74) is 2.09. The lowest BCUT2D eigenvalue weighted by Crippen LogP contribution is -2.25. The standard InChI is InChI=1S/C23H29N5O3S2/c1-27(2)33-20-14-19(31-5)18(30-4)12-16(20)13-21(24)28-23(25)32-22(26-28)11-8-15-6-9-17(29-3)10-7-15/h6-7,9-10,12,14,24-25H,8,11,13H2,1-5H3. The highest BCUT2D eigenvalue weighted by molar-refractivity contribution is 7.97. The molecule has 1 aromatic heterocycles. The van der Waals surface area contributed by atoms with Gasteiger partial charge in [-0.3, -0.25) is 15.1 Å². The van der Waals surface area contributed by atoms with E-state index in [9.17, 15) is 0 Å². The van der Waals surface area contributed by atoms with Gasteiger partial charge >= 0.3 is 0 Å². The van der Waals surface area contributed by atoms with E-state index in [1.807, 2.05) is 54.8 Å². The van der Waals surface area contributed by atoms with Crippen LogP contribution in [-0.4, -0.2) is 55.3 Å². The minimum absolute atomic E-state index is 0.236. The predicted octanol–water partition coefficient (Wildman–Crippen LogP) is 3.87. The number of nitrogens with zero attached hydrogens (tertiary/aromatic N) is 3. The number of ether oxygens (including phenoxy) is 3. The van der Waals surface area contributed by atoms with Crippen LogP contribution in [0.1, 0.15) is 16.1 Å². The van der Waals surface area contributed by atoms with E-state index in [0.29, 0.717) is 24.3 Å². The molecule has 33 heavy (non-hydrogen) atoms. The Kier molecular flexibility index (Phi) is 8.54. The molecule has 2 aromatic carbocycles. The van der Waals surface area contributed by atoms with Crippen LogP contribution < -0.4 is 19.0 Å². The summed E-state index contributed by atoms with van der Waals surface area (Å²) in [6.45, 7) is 0. The highest BCUT2D eigenvalue weighted by atomic mass is 32.2. The van der Waals surface area contributed by atoms with E-state index in [4.69, 9.17) is 25.0 Å². The van der Waals surface area contributed by atoms with E-state index in [2.05, 4.69) is 5.10 Å². The molecular weight excluding hydrogens is 458 g/mol. The van der Waals surface area contributed by atoms with Gasteiger partial charge in [-0.1, -0.05) is 23.5 Å². The fourth-order valence-corrected chi connectivity index (χ4v) is 4.83. The zero-order chi connectivity index (χ0) is 24.0. The molecule has 0 radical (unpaired) electrons. The largest absolute Gasteiger partial charge is 0.497 e. The molecule has 0 saturated heterocycles. The molecule has 8 nitrogen and oxygen atoms in total. The van der Waals surface area contributed by atoms with Crippen molar-refractivity contribution in [3.63, 3.8) is 0 Å². The maximum atomic E-state index is 8.65. The summed E-state index contributed by atoms with van der Waals surface area (Å²) in [6, 6.07) is 11.8. The Labute approximate surface area is 202 Å². The first-order valence-electron chi connectivity index (χ1n) is 10.3. The van der Waals surface area contributed by atoms with E-state index in [1.54, 1.807) is 33.3 Å². The van der Waals surface area contributed by atoms with E-state index in [1.165, 1.54) is 21.6 Å². The van der Waals surface area contributed by atoms with Crippen LogP contribution in [0.3, 0.4) is 0 Å². The summed E-state index contributed by atoms with van der Waals surface area (Å²) in [5.74, 6) is 2.31. The average Bonchev–Trinajstić information content (AvgIpc) is 3.19. The fourth-order valence-electron chi connectivity index (χ4n) is 3.24. The minimum Gasteiger partial charge on any atom is -0.497 e. The number of aryl methyl sites for hydroxylation is 2. The van der Waals surface area contributed by atoms with Crippen LogP contribution >= 0.6 is 23.3 Å². The molecule has 3 aromatic rings. The number of hydrogen-bond donors (Lipinski definition) is 2. The van der Waals surface area contributed by atoms with Crippen molar-refractivity contribution in [3.8, 4) is 17.2 Å². The van der Waals surface area contributed by atoms with Crippen LogP contribution in [0.2, 0.25) is 0 Å². The molecule has 0 amide bonds. The SMILES string of the molecule is COc1ccc(CCc2nn(C(=N)Cc3cc(OC)c(OC)cc3SN(C)C)c(=N)s2)cc1. The van der Waals surface area contributed by atoms with Crippen molar-refractivity contribution in [2.24, 2.45) is 0 Å². The second kappa shape index (κ2) is 11.4. The smallest absolute Gasteiger partial charge is 0.206 e. The first-order chi connectivity index (χ1) is 15.8. The molecule has 0 aliphatic carbocycles. The molecule has 0 bridgehead atoms. The van der Waals surface area contributed by atoms with Gasteiger partial charge in [0.05, 0.1) is 21.3 Å². The number of methoxy groups -OCH3 is 3. The molecule has 0 unspecified atom stereocenters. The summed E-state index contributed by atoms with van der Waals surface area (Å²) in [7, 11) is 8.77. The molecule has 176 valence electrons. The lowest BCUT2D eigenvalue weighted by molar-refractivity contribution is 0.353. The zero-order valence-corrected chi connectivity index (χ0v) is 21.1. The Morgan fingerprint density at radius 2 is 1.70 bits per heavy atom. The van der Waals surface area contributed by atoms with Gasteiger partial charge in [0.1, 0.15) is 16.6 Å². The van der Waals surface area contributed by atoms with E-state index in [-0.39, 0.29) is 10.6 Å². The second-order valence-corrected chi connectivity index (χ2v) is 9.82. The second-order valence-electron chi connectivity index (χ2n) is 7.40. The number of nitrogens with one attached hydrogen (secondary N) is 2. The van der Waals surface area contributed by atoms with Crippen molar-refractivity contribution in [3.05, 3.63) is 57.3 Å². The molecule has 0 aliphatic heterocycles. The molecule has 0 aliphatic rings. The van der Waals surface area contributed by atoms with Crippen molar-refractivity contribution in [1.29, 1.82) is 10.8 Å². The summed E-state index contributed by atoms with van der Waals surface area (Å²) >= 11 is 2.85. The average molecular weight is 488 g/mol. The Morgan fingerprint density at radius 3 is 2.30 bits per heavy atom. The van der Waals surface area contributed by atoms with Gasteiger partial charge in [-0.2, -0.15) is 9.78 Å². The van der Waals surface area contributed by atoms with Crippen molar-refractivity contribution in [2.45, 2.75) is 24.2 Å². The van der Waals surface area contributed by atoms with Crippen LogP contribution in [0.5, 0.6) is 17.2 Å². The van der Waals surface area contributed by atoms with Crippen LogP contribution in [-0.2, 0) is 19.3 Å². The maximum absolute atomic E-state index is 8.65. The van der Waals surface area contributed by atoms with Gasteiger partial charge in [-0.05, 0) is 67.9 Å². The Morgan fingerprint density at radius 1 is 1.03 bits per heavy atom. The summed E-state index contributed by atoms with van der Waals surface area (Å²) < 4.78 is 19.5. The molecular formula is C23H29N5O3S2. The van der Waals surface area contributed by atoms with Crippen molar-refractivity contribution >= 4 is 29.1 Å². The van der Waals surface area contributed by atoms with Gasteiger partial charge in [-0.15, -0.1) is 0 Å². The van der Waals surface area contributed by atoms with Crippen molar-refractivity contribution in [1.82, 2.24) is 14.1 Å². The first-order valence-corrected chi connectivity index (χ1v) is 11.9. The number of hydrogen-bond acceptors (Lipinski definition) is 9. The van der Waals surface area contributed by atoms with Gasteiger partial charge < -0.3 is 14.2 Å². The third kappa shape index (κ3) is 6.37. The van der Waals surface area contributed by atoms with Crippen LogP contribution in [0.25, 0.3) is 0 Å². The van der Waals surface area contributed by atoms with Gasteiger partial charge in [0.2, 0.25) is 4.80 Å². The normalized spacial score (nSPS) is 11.0. The van der Waals surface area contributed by atoms with Crippen LogP contribution in [0.15, 0.2) is 41.3 Å². The molecule has 0 fully saturated rings. The predicted molar refractivity (Wildman–Crippen MR) is 132 cm³/mol. The highest BCUT2D eigenvalue weighted by Crippen LogP contribution is 2.36. The monoisotopic (exact) mass is 487 g/mol.